The van der Waals surface area contributed by atoms with E-state index in [2.05, 4.69) is 0 Å². The molecule has 2 rings (SSSR count). The van der Waals surface area contributed by atoms with E-state index in [9.17, 15) is 13.2 Å². The molecule has 0 atom stereocenters. The summed E-state index contributed by atoms with van der Waals surface area (Å²) in [6, 6.07) is 2.85. The molecule has 0 unspecified atom stereocenters. The second kappa shape index (κ2) is 5.80. The monoisotopic (exact) mass is 348 g/mol. The van der Waals surface area contributed by atoms with E-state index in [1.807, 2.05) is 0 Å². The van der Waals surface area contributed by atoms with Gasteiger partial charge < -0.3 is 9.67 Å². The van der Waals surface area contributed by atoms with Crippen LogP contribution < -0.4 is 0 Å². The van der Waals surface area contributed by atoms with Crippen molar-refractivity contribution in [2.75, 3.05) is 7.05 Å². The Morgan fingerprint density at radius 2 is 2.14 bits per heavy atom. The van der Waals surface area contributed by atoms with E-state index in [1.165, 1.54) is 12.4 Å². The molecule has 0 aromatic carbocycles. The summed E-state index contributed by atoms with van der Waals surface area (Å²) in [5.41, 5.74) is 0.704. The molecule has 1 N–H and O–H groups in total. The Kier molecular flexibility index (Phi) is 4.43. The third-order valence-corrected chi connectivity index (χ3v) is 6.37. The lowest BCUT2D eigenvalue weighted by Crippen LogP contribution is -2.26. The molecule has 0 aliphatic rings. The lowest BCUT2D eigenvalue weighted by Gasteiger charge is -2.16. The lowest BCUT2D eigenvalue weighted by atomic mass is 10.4. The zero-order valence-electron chi connectivity index (χ0n) is 11.3. The molecule has 0 amide bonds. The fourth-order valence-electron chi connectivity index (χ4n) is 1.75. The molecule has 21 heavy (non-hydrogen) atoms. The predicted octanol–water partition coefficient (Wildman–Crippen LogP) is 2.26. The Morgan fingerprint density at radius 1 is 1.48 bits per heavy atom. The van der Waals surface area contributed by atoms with Crippen LogP contribution in [0, 0.1) is 0 Å². The summed E-state index contributed by atoms with van der Waals surface area (Å²) in [5.74, 6) is -1.15. The smallest absolute Gasteiger partial charge is 0.336 e. The van der Waals surface area contributed by atoms with Crippen molar-refractivity contribution >= 4 is 38.9 Å². The SMILES string of the molecule is CN(Cc1cc(Cl)cn1C)S(=O)(=O)c1cc(C(=O)O)cs1. The van der Waals surface area contributed by atoms with Gasteiger partial charge in [0.2, 0.25) is 0 Å². The number of halogens is 1. The fraction of sp³-hybridized carbons (Fsp3) is 0.250. The number of nitrogens with zero attached hydrogens (tertiary/aromatic N) is 2. The normalized spacial score (nSPS) is 12.0. The van der Waals surface area contributed by atoms with E-state index < -0.39 is 16.0 Å². The molecule has 6 nitrogen and oxygen atoms in total. The quantitative estimate of drug-likeness (QED) is 0.898. The molecule has 0 spiro atoms. The summed E-state index contributed by atoms with van der Waals surface area (Å²) < 4.78 is 27.7. The number of carboxylic acids is 1. The van der Waals surface area contributed by atoms with Crippen molar-refractivity contribution in [2.45, 2.75) is 10.8 Å². The molecule has 0 bridgehead atoms. The zero-order chi connectivity index (χ0) is 15.8. The van der Waals surface area contributed by atoms with Gasteiger partial charge in [-0.1, -0.05) is 11.6 Å². The molecular weight excluding hydrogens is 336 g/mol. The van der Waals surface area contributed by atoms with Crippen molar-refractivity contribution in [1.82, 2.24) is 8.87 Å². The first kappa shape index (κ1) is 16.0. The van der Waals surface area contributed by atoms with Gasteiger partial charge in [-0.25, -0.2) is 13.2 Å². The van der Waals surface area contributed by atoms with Gasteiger partial charge in [-0.15, -0.1) is 11.3 Å². The van der Waals surface area contributed by atoms with Gasteiger partial charge in [0.15, 0.2) is 0 Å². The van der Waals surface area contributed by atoms with Crippen LogP contribution in [0.4, 0.5) is 0 Å². The summed E-state index contributed by atoms with van der Waals surface area (Å²) in [5, 5.41) is 10.7. The van der Waals surface area contributed by atoms with Crippen molar-refractivity contribution in [3.8, 4) is 0 Å². The standard InChI is InChI=1S/C12H13ClN2O4S2/c1-14-5-9(13)4-10(14)6-15(2)21(18,19)11-3-8(7-20-11)12(16)17/h3-5,7H,6H2,1-2H3,(H,16,17). The molecule has 2 heterocycles. The minimum absolute atomic E-state index is 0.00251. The van der Waals surface area contributed by atoms with Crippen molar-refractivity contribution < 1.29 is 18.3 Å². The number of rotatable bonds is 5. The van der Waals surface area contributed by atoms with Gasteiger partial charge in [0.25, 0.3) is 10.0 Å². The Balaban J connectivity index is 2.25. The van der Waals surface area contributed by atoms with Crippen LogP contribution in [0.5, 0.6) is 0 Å². The minimum atomic E-state index is -3.73. The molecule has 0 saturated heterocycles. The molecule has 2 aromatic rings. The number of carbonyl (C=O) groups is 1. The first-order chi connectivity index (χ1) is 9.71. The van der Waals surface area contributed by atoms with Gasteiger partial charge in [0, 0.05) is 31.4 Å². The number of sulfonamides is 1. The van der Waals surface area contributed by atoms with Crippen LogP contribution in [0.2, 0.25) is 5.02 Å². The average Bonchev–Trinajstić information content (AvgIpc) is 2.97. The number of hydrogen-bond acceptors (Lipinski definition) is 4. The maximum absolute atomic E-state index is 12.4. The lowest BCUT2D eigenvalue weighted by molar-refractivity contribution is 0.0697. The Hall–Kier alpha value is -1.35. The number of aromatic nitrogens is 1. The van der Waals surface area contributed by atoms with E-state index >= 15 is 0 Å². The second-order valence-electron chi connectivity index (χ2n) is 4.48. The molecular formula is C12H13ClN2O4S2. The third-order valence-electron chi connectivity index (χ3n) is 2.95. The summed E-state index contributed by atoms with van der Waals surface area (Å²) >= 11 is 6.76. The molecule has 2 aromatic heterocycles. The highest BCUT2D eigenvalue weighted by molar-refractivity contribution is 7.91. The highest BCUT2D eigenvalue weighted by Gasteiger charge is 2.24. The van der Waals surface area contributed by atoms with Gasteiger partial charge in [-0.3, -0.25) is 0 Å². The van der Waals surface area contributed by atoms with Crippen LogP contribution >= 0.6 is 22.9 Å². The molecule has 0 radical (unpaired) electrons. The predicted molar refractivity (Wildman–Crippen MR) is 80.4 cm³/mol. The summed E-state index contributed by atoms with van der Waals surface area (Å²) in [6.45, 7) is 0.145. The number of hydrogen-bond donors (Lipinski definition) is 1. The van der Waals surface area contributed by atoms with Crippen LogP contribution in [0.1, 0.15) is 16.1 Å². The van der Waals surface area contributed by atoms with Crippen molar-refractivity contribution in [3.05, 3.63) is 40.0 Å². The Morgan fingerprint density at radius 3 is 2.62 bits per heavy atom. The van der Waals surface area contributed by atoms with Gasteiger partial charge in [-0.2, -0.15) is 4.31 Å². The Labute approximate surface area is 131 Å². The third kappa shape index (κ3) is 3.29. The second-order valence-corrected chi connectivity index (χ2v) is 8.10. The topological polar surface area (TPSA) is 79.6 Å². The average molecular weight is 349 g/mol. The van der Waals surface area contributed by atoms with Crippen LogP contribution in [-0.2, 0) is 23.6 Å². The largest absolute Gasteiger partial charge is 0.478 e. The maximum atomic E-state index is 12.4. The summed E-state index contributed by atoms with van der Waals surface area (Å²) in [4.78, 5) is 10.8. The van der Waals surface area contributed by atoms with E-state index in [0.29, 0.717) is 5.02 Å². The first-order valence-electron chi connectivity index (χ1n) is 5.80. The zero-order valence-corrected chi connectivity index (χ0v) is 13.7. The van der Waals surface area contributed by atoms with Gasteiger partial charge in [0.1, 0.15) is 4.21 Å². The highest BCUT2D eigenvalue weighted by atomic mass is 35.5. The van der Waals surface area contributed by atoms with Crippen molar-refractivity contribution in [1.29, 1.82) is 0 Å². The van der Waals surface area contributed by atoms with Crippen LogP contribution in [-0.4, -0.2) is 35.4 Å². The van der Waals surface area contributed by atoms with Crippen LogP contribution in [0.3, 0.4) is 0 Å². The molecule has 0 aliphatic heterocycles. The van der Waals surface area contributed by atoms with Gasteiger partial charge >= 0.3 is 5.97 Å². The van der Waals surface area contributed by atoms with E-state index in [1.54, 1.807) is 23.9 Å². The molecule has 114 valence electrons. The number of aryl methyl sites for hydroxylation is 1. The van der Waals surface area contributed by atoms with Gasteiger partial charge in [-0.05, 0) is 12.1 Å². The number of aromatic carboxylic acids is 1. The van der Waals surface area contributed by atoms with Gasteiger partial charge in [0.05, 0.1) is 17.1 Å². The van der Waals surface area contributed by atoms with Crippen molar-refractivity contribution in [2.24, 2.45) is 7.05 Å². The maximum Gasteiger partial charge on any atom is 0.336 e. The van der Waals surface area contributed by atoms with E-state index in [0.717, 1.165) is 27.4 Å². The molecule has 0 fully saturated rings. The Bertz CT molecular complexity index is 779. The van der Waals surface area contributed by atoms with Crippen LogP contribution in [0.25, 0.3) is 0 Å². The number of thiophene rings is 1. The van der Waals surface area contributed by atoms with E-state index in [4.69, 9.17) is 16.7 Å². The van der Waals surface area contributed by atoms with Crippen LogP contribution in [0.15, 0.2) is 27.9 Å². The summed E-state index contributed by atoms with van der Waals surface area (Å²) in [7, 11) is -0.511. The highest BCUT2D eigenvalue weighted by Crippen LogP contribution is 2.25. The summed E-state index contributed by atoms with van der Waals surface area (Å²) in [6.07, 6.45) is 1.69. The molecule has 0 saturated carbocycles. The fourth-order valence-corrected chi connectivity index (χ4v) is 4.53. The number of carboxylic acid groups (broad SMARTS) is 1. The minimum Gasteiger partial charge on any atom is -0.478 e. The van der Waals surface area contributed by atoms with Crippen molar-refractivity contribution in [3.63, 3.8) is 0 Å². The molecule has 9 heteroatoms. The van der Waals surface area contributed by atoms with E-state index in [-0.39, 0.29) is 16.3 Å². The molecule has 0 aliphatic carbocycles. The first-order valence-corrected chi connectivity index (χ1v) is 8.50.